The monoisotopic (exact) mass is 1550 g/mol. The smallest absolute Gasteiger partial charge is 0.462 e. The Bertz CT molecular complexity index is 2710. The zero-order valence-corrected chi connectivity index (χ0v) is 69.0. The first kappa shape index (κ1) is 102. The van der Waals surface area contributed by atoms with Crippen LogP contribution in [0.15, 0.2) is 170 Å². The van der Waals surface area contributed by atoms with Crippen LogP contribution in [0.4, 0.5) is 0 Å². The number of phosphoric ester groups is 2. The van der Waals surface area contributed by atoms with E-state index in [0.29, 0.717) is 38.5 Å². The van der Waals surface area contributed by atoms with Crippen molar-refractivity contribution in [1.29, 1.82) is 0 Å². The molecule has 0 aliphatic carbocycles. The van der Waals surface area contributed by atoms with E-state index in [2.05, 4.69) is 167 Å². The quantitative estimate of drug-likeness (QED) is 0.0169. The fourth-order valence-electron chi connectivity index (χ4n) is 10.5. The van der Waals surface area contributed by atoms with Crippen molar-refractivity contribution in [1.82, 2.24) is 0 Å². The van der Waals surface area contributed by atoms with Gasteiger partial charge in [0.1, 0.15) is 19.3 Å². The number of hydrogen-bond donors (Lipinski definition) is 3. The second-order valence-corrected chi connectivity index (χ2v) is 29.8. The van der Waals surface area contributed by atoms with E-state index in [0.717, 1.165) is 154 Å². The van der Waals surface area contributed by atoms with Crippen molar-refractivity contribution in [2.75, 3.05) is 39.6 Å². The van der Waals surface area contributed by atoms with Crippen molar-refractivity contribution < 1.29 is 80.2 Å². The molecule has 17 nitrogen and oxygen atoms in total. The Hall–Kier alpha value is -5.58. The van der Waals surface area contributed by atoms with Crippen molar-refractivity contribution in [3.8, 4) is 0 Å². The molecule has 0 aromatic rings. The van der Waals surface area contributed by atoms with Crippen molar-refractivity contribution >= 4 is 39.5 Å². The fraction of sp³-hybridized carbons (Fsp3) is 0.640. The second kappa shape index (κ2) is 79.5. The van der Waals surface area contributed by atoms with Crippen LogP contribution >= 0.6 is 15.6 Å². The fourth-order valence-corrected chi connectivity index (χ4v) is 12.1. The van der Waals surface area contributed by atoms with Crippen LogP contribution in [-0.4, -0.2) is 96.7 Å². The molecule has 3 N–H and O–H groups in total. The van der Waals surface area contributed by atoms with Gasteiger partial charge >= 0.3 is 39.5 Å². The maximum Gasteiger partial charge on any atom is 0.472 e. The van der Waals surface area contributed by atoms with Crippen LogP contribution in [0.5, 0.6) is 0 Å². The molecule has 19 heteroatoms. The predicted octanol–water partition coefficient (Wildman–Crippen LogP) is 24.6. The standard InChI is InChI=1S/C89H146O17P2/c1-5-9-13-17-21-25-29-33-37-40-41-44-47-50-54-58-62-66-70-74-87(92)100-80-85(106-89(94)76-72-68-64-60-56-52-48-43-39-35-31-27-23-19-15-11-7-3)82-104-108(97,98)102-78-83(90)77-101-107(95,96)103-81-84(105-88(93)75-71-67-63-59-55-51-45-36-32-28-24-20-16-12-8-4)79-99-86(91)73-69-65-61-57-53-49-46-42-38-34-30-26-22-18-14-10-6-2/h9-11,13-15,21-23,25-27,33-35,37-39,41,44,48,50,52,54,60,62,64,66,83-85,90H,5-8,12,16-20,24,28-32,36,40,42-43,45-47,49,51,53,55-59,61,63,65,67-82H2,1-4H3,(H,95,96)(H,97,98)/b13-9-,14-10-,15-11-,25-21-,26-22-,27-23-,37-33-,38-34-,39-35-,44-41-,52-48-,54-50-,64-60-,66-62-. The van der Waals surface area contributed by atoms with E-state index in [1.807, 2.05) is 30.4 Å². The lowest BCUT2D eigenvalue weighted by atomic mass is 10.0. The summed E-state index contributed by atoms with van der Waals surface area (Å²) in [6.45, 7) is 4.39. The summed E-state index contributed by atoms with van der Waals surface area (Å²) in [6.07, 6.45) is 94.9. The van der Waals surface area contributed by atoms with E-state index >= 15 is 0 Å². The summed E-state index contributed by atoms with van der Waals surface area (Å²) < 4.78 is 68.6. The first-order valence-electron chi connectivity index (χ1n) is 41.4. The molecular weight excluding hydrogens is 1400 g/mol. The van der Waals surface area contributed by atoms with Crippen molar-refractivity contribution in [3.05, 3.63) is 170 Å². The zero-order chi connectivity index (χ0) is 78.9. The predicted molar refractivity (Wildman–Crippen MR) is 445 cm³/mol. The minimum absolute atomic E-state index is 0.00503. The number of unbranched alkanes of at least 4 members (excludes halogenated alkanes) is 22. The molecule has 0 radical (unpaired) electrons. The highest BCUT2D eigenvalue weighted by Crippen LogP contribution is 2.45. The molecule has 0 aromatic carbocycles. The summed E-state index contributed by atoms with van der Waals surface area (Å²) in [5, 5.41) is 10.7. The van der Waals surface area contributed by atoms with Gasteiger partial charge in [-0.3, -0.25) is 37.3 Å². The molecule has 0 spiro atoms. The van der Waals surface area contributed by atoms with Crippen LogP contribution in [-0.2, 0) is 65.4 Å². The van der Waals surface area contributed by atoms with Gasteiger partial charge in [0, 0.05) is 25.7 Å². The summed E-state index contributed by atoms with van der Waals surface area (Å²) in [5.41, 5.74) is 0. The molecular formula is C89H146O17P2. The second-order valence-electron chi connectivity index (χ2n) is 26.9. The van der Waals surface area contributed by atoms with Crippen LogP contribution in [0.1, 0.15) is 310 Å². The third-order valence-electron chi connectivity index (χ3n) is 16.7. The highest BCUT2D eigenvalue weighted by Gasteiger charge is 2.30. The van der Waals surface area contributed by atoms with Gasteiger partial charge in [-0.2, -0.15) is 0 Å². The van der Waals surface area contributed by atoms with E-state index in [-0.39, 0.29) is 25.7 Å². The maximum atomic E-state index is 13.1. The molecule has 5 atom stereocenters. The van der Waals surface area contributed by atoms with Crippen LogP contribution < -0.4 is 0 Å². The number of carbonyl (C=O) groups is 4. The average molecular weight is 1550 g/mol. The SMILES string of the molecule is CC/C=C\C/C=C\C/C=C\C/C=C\C/C=C\C/C=C\CCC(=O)OCC(COP(=O)(O)OCC(O)COP(=O)(O)OCC(COC(=O)CCCCCCCCC/C=C\C/C=C\C/C=C\CC)OC(=O)CCCCCCCCCCCCCCCCC)OC(=O)CCC/C=C\C/C=C\C/C=C\C/C=C\C/C=C\CC. The van der Waals surface area contributed by atoms with Crippen LogP contribution in [0.3, 0.4) is 0 Å². The van der Waals surface area contributed by atoms with Crippen molar-refractivity contribution in [3.63, 3.8) is 0 Å². The molecule has 0 amide bonds. The zero-order valence-electron chi connectivity index (χ0n) is 67.2. The lowest BCUT2D eigenvalue weighted by Crippen LogP contribution is -2.30. The van der Waals surface area contributed by atoms with Gasteiger partial charge in [0.25, 0.3) is 0 Å². The number of allylic oxidation sites excluding steroid dienone is 28. The van der Waals surface area contributed by atoms with Gasteiger partial charge in [-0.25, -0.2) is 9.13 Å². The van der Waals surface area contributed by atoms with Crippen LogP contribution in [0.25, 0.3) is 0 Å². The molecule has 108 heavy (non-hydrogen) atoms. The normalized spacial score (nSPS) is 14.7. The molecule has 0 saturated heterocycles. The molecule has 5 unspecified atom stereocenters. The van der Waals surface area contributed by atoms with Gasteiger partial charge < -0.3 is 33.8 Å². The Labute approximate surface area is 654 Å². The molecule has 0 rings (SSSR count). The molecule has 0 aliphatic heterocycles. The van der Waals surface area contributed by atoms with E-state index in [1.54, 1.807) is 0 Å². The van der Waals surface area contributed by atoms with E-state index < -0.39 is 97.5 Å². The summed E-state index contributed by atoms with van der Waals surface area (Å²) in [7, 11) is -10.0. The Morgan fingerprint density at radius 1 is 0.269 bits per heavy atom. The first-order chi connectivity index (χ1) is 52.7. The average Bonchev–Trinajstić information content (AvgIpc) is 0.906. The van der Waals surface area contributed by atoms with Gasteiger partial charge in [-0.15, -0.1) is 0 Å². The lowest BCUT2D eigenvalue weighted by Gasteiger charge is -2.21. The van der Waals surface area contributed by atoms with Crippen LogP contribution in [0.2, 0.25) is 0 Å². The highest BCUT2D eigenvalue weighted by molar-refractivity contribution is 7.47. The third kappa shape index (κ3) is 78.5. The minimum Gasteiger partial charge on any atom is -0.462 e. The molecule has 0 aliphatic rings. The largest absolute Gasteiger partial charge is 0.472 e. The number of rotatable bonds is 76. The number of esters is 4. The third-order valence-corrected chi connectivity index (χ3v) is 18.6. The first-order valence-corrected chi connectivity index (χ1v) is 44.4. The molecule has 0 aromatic heterocycles. The van der Waals surface area contributed by atoms with Crippen molar-refractivity contribution in [2.24, 2.45) is 0 Å². The molecule has 0 bridgehead atoms. The number of hydrogen-bond acceptors (Lipinski definition) is 15. The number of phosphoric acid groups is 2. The molecule has 0 fully saturated rings. The van der Waals surface area contributed by atoms with E-state index in [9.17, 15) is 43.2 Å². The van der Waals surface area contributed by atoms with Gasteiger partial charge in [0.05, 0.1) is 26.4 Å². The maximum absolute atomic E-state index is 13.1. The van der Waals surface area contributed by atoms with Gasteiger partial charge in [0.2, 0.25) is 0 Å². The molecule has 0 saturated carbocycles. The van der Waals surface area contributed by atoms with Gasteiger partial charge in [-0.1, -0.05) is 320 Å². The number of carbonyl (C=O) groups excluding carboxylic acids is 4. The van der Waals surface area contributed by atoms with Crippen LogP contribution in [0, 0.1) is 0 Å². The summed E-state index contributed by atoms with van der Waals surface area (Å²) in [5.74, 6) is -2.35. The van der Waals surface area contributed by atoms with E-state index in [1.165, 1.54) is 64.2 Å². The lowest BCUT2D eigenvalue weighted by molar-refractivity contribution is -0.161. The highest BCUT2D eigenvalue weighted by atomic mass is 31.2. The Kier molecular flexibility index (Phi) is 75.4. The number of ether oxygens (including phenoxy) is 4. The van der Waals surface area contributed by atoms with Gasteiger partial charge in [0.15, 0.2) is 12.2 Å². The summed E-state index contributed by atoms with van der Waals surface area (Å²) >= 11 is 0. The molecule has 0 heterocycles. The molecule has 614 valence electrons. The Morgan fingerprint density at radius 2 is 0.509 bits per heavy atom. The Balaban J connectivity index is 5.50. The number of aliphatic hydroxyl groups is 1. The minimum atomic E-state index is -5.02. The topological polar surface area (TPSA) is 237 Å². The number of aliphatic hydroxyl groups excluding tert-OH is 1. The Morgan fingerprint density at radius 3 is 0.833 bits per heavy atom. The van der Waals surface area contributed by atoms with Gasteiger partial charge in [-0.05, 0) is 135 Å². The van der Waals surface area contributed by atoms with Crippen molar-refractivity contribution in [2.45, 2.75) is 329 Å². The van der Waals surface area contributed by atoms with E-state index in [4.69, 9.17) is 37.0 Å². The summed E-state index contributed by atoms with van der Waals surface area (Å²) in [4.78, 5) is 73.1. The summed E-state index contributed by atoms with van der Waals surface area (Å²) in [6, 6.07) is 0.